The van der Waals surface area contributed by atoms with Crippen LogP contribution in [0.4, 0.5) is 4.79 Å². The lowest BCUT2D eigenvalue weighted by Crippen LogP contribution is -2.30. The van der Waals surface area contributed by atoms with Gasteiger partial charge in [-0.15, -0.1) is 0 Å². The summed E-state index contributed by atoms with van der Waals surface area (Å²) < 4.78 is 0. The second-order valence-corrected chi connectivity index (χ2v) is 6.47. The maximum atomic E-state index is 12.4. The molecule has 0 saturated carbocycles. The molecule has 23 heavy (non-hydrogen) atoms. The summed E-state index contributed by atoms with van der Waals surface area (Å²) >= 11 is 1.01. The fraction of sp³-hybridized carbons (Fsp3) is 0.158. The molecule has 0 radical (unpaired) electrons. The standard InChI is InChI=1S/C19H17NO2S/c1-14-7-9-16(10-8-14)13-17-18(21)20(19(22)23-17)12-11-15-5-3-2-4-6-15/h2-10,13H,11-12H2,1H3/b17-13-. The Morgan fingerprint density at radius 1 is 1.00 bits per heavy atom. The van der Waals surface area contributed by atoms with E-state index in [-0.39, 0.29) is 11.1 Å². The fourth-order valence-electron chi connectivity index (χ4n) is 2.39. The van der Waals surface area contributed by atoms with Crippen LogP contribution in [-0.2, 0) is 11.2 Å². The van der Waals surface area contributed by atoms with Gasteiger partial charge in [-0.1, -0.05) is 60.2 Å². The van der Waals surface area contributed by atoms with E-state index < -0.39 is 0 Å². The van der Waals surface area contributed by atoms with E-state index in [1.807, 2.05) is 61.5 Å². The second kappa shape index (κ2) is 6.84. The first-order valence-corrected chi connectivity index (χ1v) is 8.31. The highest BCUT2D eigenvalue weighted by atomic mass is 32.2. The molecule has 0 bridgehead atoms. The minimum atomic E-state index is -0.198. The smallest absolute Gasteiger partial charge is 0.268 e. The van der Waals surface area contributed by atoms with Gasteiger partial charge in [-0.2, -0.15) is 0 Å². The summed E-state index contributed by atoms with van der Waals surface area (Å²) in [6.45, 7) is 2.43. The lowest BCUT2D eigenvalue weighted by Gasteiger charge is -2.12. The number of benzene rings is 2. The fourth-order valence-corrected chi connectivity index (χ4v) is 3.26. The van der Waals surface area contributed by atoms with E-state index in [1.165, 1.54) is 4.90 Å². The van der Waals surface area contributed by atoms with Gasteiger partial charge in [-0.3, -0.25) is 14.5 Å². The number of rotatable bonds is 4. The molecule has 1 aliphatic rings. The normalized spacial score (nSPS) is 16.4. The SMILES string of the molecule is Cc1ccc(/C=C2\SC(=O)N(CCc3ccccc3)C2=O)cc1. The van der Waals surface area contributed by atoms with Crippen molar-refractivity contribution in [2.75, 3.05) is 6.54 Å². The minimum Gasteiger partial charge on any atom is -0.268 e. The third kappa shape index (κ3) is 3.71. The van der Waals surface area contributed by atoms with Gasteiger partial charge in [0.15, 0.2) is 0 Å². The number of carbonyl (C=O) groups is 2. The molecule has 2 aromatic carbocycles. The van der Waals surface area contributed by atoms with Crippen LogP contribution >= 0.6 is 11.8 Å². The molecule has 0 aromatic heterocycles. The molecule has 0 atom stereocenters. The van der Waals surface area contributed by atoms with Crippen LogP contribution in [0.2, 0.25) is 0 Å². The molecule has 2 aromatic rings. The Bertz CT molecular complexity index is 751. The molecule has 1 heterocycles. The summed E-state index contributed by atoms with van der Waals surface area (Å²) in [4.78, 5) is 26.3. The average molecular weight is 323 g/mol. The van der Waals surface area contributed by atoms with Crippen LogP contribution in [0.5, 0.6) is 0 Å². The van der Waals surface area contributed by atoms with Gasteiger partial charge >= 0.3 is 0 Å². The summed E-state index contributed by atoms with van der Waals surface area (Å²) in [5.41, 5.74) is 3.22. The molecule has 1 aliphatic heterocycles. The van der Waals surface area contributed by atoms with Gasteiger partial charge in [0.05, 0.1) is 4.91 Å². The van der Waals surface area contributed by atoms with Gasteiger partial charge in [-0.05, 0) is 42.3 Å². The van der Waals surface area contributed by atoms with Crippen molar-refractivity contribution in [1.82, 2.24) is 4.90 Å². The van der Waals surface area contributed by atoms with Crippen molar-refractivity contribution in [3.05, 3.63) is 76.2 Å². The van der Waals surface area contributed by atoms with Crippen LogP contribution in [0.1, 0.15) is 16.7 Å². The van der Waals surface area contributed by atoms with E-state index in [1.54, 1.807) is 6.08 Å². The first kappa shape index (κ1) is 15.6. The molecule has 2 amide bonds. The van der Waals surface area contributed by atoms with E-state index in [4.69, 9.17) is 0 Å². The zero-order valence-corrected chi connectivity index (χ0v) is 13.7. The van der Waals surface area contributed by atoms with Gasteiger partial charge in [0, 0.05) is 6.54 Å². The van der Waals surface area contributed by atoms with Crippen LogP contribution in [0.3, 0.4) is 0 Å². The average Bonchev–Trinajstić information content (AvgIpc) is 2.82. The molecule has 0 spiro atoms. The van der Waals surface area contributed by atoms with Gasteiger partial charge in [0.1, 0.15) is 0 Å². The molecule has 3 nitrogen and oxygen atoms in total. The maximum absolute atomic E-state index is 12.4. The van der Waals surface area contributed by atoms with Gasteiger partial charge in [0.2, 0.25) is 0 Å². The van der Waals surface area contributed by atoms with E-state index >= 15 is 0 Å². The molecular formula is C19H17NO2S. The maximum Gasteiger partial charge on any atom is 0.293 e. The van der Waals surface area contributed by atoms with Crippen LogP contribution < -0.4 is 0 Å². The Labute approximate surface area is 140 Å². The van der Waals surface area contributed by atoms with E-state index in [0.717, 1.165) is 28.5 Å². The highest BCUT2D eigenvalue weighted by Crippen LogP contribution is 2.32. The van der Waals surface area contributed by atoms with Crippen molar-refractivity contribution in [3.63, 3.8) is 0 Å². The number of amides is 2. The summed E-state index contributed by atoms with van der Waals surface area (Å²) in [5.74, 6) is -0.198. The first-order valence-electron chi connectivity index (χ1n) is 7.49. The molecule has 116 valence electrons. The van der Waals surface area contributed by atoms with Gasteiger partial charge in [-0.25, -0.2) is 0 Å². The predicted octanol–water partition coefficient (Wildman–Crippen LogP) is 4.27. The zero-order chi connectivity index (χ0) is 16.2. The van der Waals surface area contributed by atoms with Gasteiger partial charge < -0.3 is 0 Å². The summed E-state index contributed by atoms with van der Waals surface area (Å²) in [6, 6.07) is 17.8. The first-order chi connectivity index (χ1) is 11.1. The Hall–Kier alpha value is -2.33. The number of hydrogen-bond donors (Lipinski definition) is 0. The predicted molar refractivity (Wildman–Crippen MR) is 94.0 cm³/mol. The number of thioether (sulfide) groups is 1. The monoisotopic (exact) mass is 323 g/mol. The van der Waals surface area contributed by atoms with Crippen molar-refractivity contribution < 1.29 is 9.59 Å². The van der Waals surface area contributed by atoms with Crippen molar-refractivity contribution in [1.29, 1.82) is 0 Å². The Morgan fingerprint density at radius 3 is 2.39 bits per heavy atom. The molecule has 4 heteroatoms. The molecule has 0 N–H and O–H groups in total. The number of aryl methyl sites for hydroxylation is 1. The number of imide groups is 1. The number of nitrogens with zero attached hydrogens (tertiary/aromatic N) is 1. The van der Waals surface area contributed by atoms with Gasteiger partial charge in [0.25, 0.3) is 11.1 Å². The highest BCUT2D eigenvalue weighted by Gasteiger charge is 2.34. The number of carbonyl (C=O) groups excluding carboxylic acids is 2. The zero-order valence-electron chi connectivity index (χ0n) is 12.9. The Morgan fingerprint density at radius 2 is 1.70 bits per heavy atom. The topological polar surface area (TPSA) is 37.4 Å². The lowest BCUT2D eigenvalue weighted by atomic mass is 10.1. The van der Waals surface area contributed by atoms with E-state index in [2.05, 4.69) is 0 Å². The van der Waals surface area contributed by atoms with Crippen LogP contribution in [0, 0.1) is 6.92 Å². The second-order valence-electron chi connectivity index (χ2n) is 5.48. The summed E-state index contributed by atoms with van der Waals surface area (Å²) in [5, 5.41) is -0.190. The quantitative estimate of drug-likeness (QED) is 0.788. The minimum absolute atomic E-state index is 0.190. The third-order valence-electron chi connectivity index (χ3n) is 3.72. The molecule has 1 saturated heterocycles. The summed E-state index contributed by atoms with van der Waals surface area (Å²) in [6.07, 6.45) is 2.46. The van der Waals surface area contributed by atoms with Crippen molar-refractivity contribution in [2.45, 2.75) is 13.3 Å². The third-order valence-corrected chi connectivity index (χ3v) is 4.62. The highest BCUT2D eigenvalue weighted by molar-refractivity contribution is 8.18. The Kier molecular flexibility index (Phi) is 4.63. The largest absolute Gasteiger partial charge is 0.293 e. The van der Waals surface area contributed by atoms with Crippen molar-refractivity contribution in [3.8, 4) is 0 Å². The van der Waals surface area contributed by atoms with Crippen LogP contribution in [0.25, 0.3) is 6.08 Å². The lowest BCUT2D eigenvalue weighted by molar-refractivity contribution is -0.122. The molecule has 1 fully saturated rings. The Balaban J connectivity index is 1.71. The van der Waals surface area contributed by atoms with Crippen LogP contribution in [0.15, 0.2) is 59.5 Å². The molecule has 0 unspecified atom stereocenters. The summed E-state index contributed by atoms with van der Waals surface area (Å²) in [7, 11) is 0. The van der Waals surface area contributed by atoms with Crippen molar-refractivity contribution in [2.24, 2.45) is 0 Å². The molecule has 0 aliphatic carbocycles. The molecule has 3 rings (SSSR count). The van der Waals surface area contributed by atoms with E-state index in [9.17, 15) is 9.59 Å². The number of hydrogen-bond acceptors (Lipinski definition) is 3. The van der Waals surface area contributed by atoms with Crippen LogP contribution in [-0.4, -0.2) is 22.6 Å². The molecular weight excluding hydrogens is 306 g/mol. The van der Waals surface area contributed by atoms with Crippen molar-refractivity contribution >= 4 is 29.0 Å². The van der Waals surface area contributed by atoms with E-state index in [0.29, 0.717) is 17.9 Å².